The first-order valence-electron chi connectivity index (χ1n) is 7.18. The van der Waals surface area contributed by atoms with Gasteiger partial charge in [0.05, 0.1) is 15.8 Å². The third-order valence-corrected chi connectivity index (χ3v) is 5.31. The molecule has 3 heterocycles. The summed E-state index contributed by atoms with van der Waals surface area (Å²) >= 11 is 3.51. The maximum absolute atomic E-state index is 13.1. The molecule has 0 radical (unpaired) electrons. The zero-order valence-corrected chi connectivity index (χ0v) is 15.2. The van der Waals surface area contributed by atoms with Gasteiger partial charge in [-0.25, -0.2) is 4.98 Å². The summed E-state index contributed by atoms with van der Waals surface area (Å²) in [7, 11) is 0. The molecule has 2 aromatic heterocycles. The van der Waals surface area contributed by atoms with E-state index in [9.17, 15) is 14.4 Å². The molecule has 0 saturated carbocycles. The van der Waals surface area contributed by atoms with Gasteiger partial charge in [0.15, 0.2) is 5.82 Å². The smallest absolute Gasteiger partial charge is 0.272 e. The molecule has 1 saturated heterocycles. The molecule has 0 unspecified atom stereocenters. The van der Waals surface area contributed by atoms with Crippen LogP contribution in [0.25, 0.3) is 21.6 Å². The van der Waals surface area contributed by atoms with E-state index in [1.165, 1.54) is 11.3 Å². The van der Waals surface area contributed by atoms with Gasteiger partial charge in [-0.05, 0) is 52.2 Å². The number of nitrogens with zero attached hydrogens (tertiary/aromatic N) is 3. The monoisotopic (exact) mass is 451 g/mol. The number of hydrogen-bond acceptors (Lipinski definition) is 5. The zero-order valence-electron chi connectivity index (χ0n) is 12.2. The Morgan fingerprint density at radius 3 is 2.50 bits per heavy atom. The van der Waals surface area contributed by atoms with E-state index >= 15 is 0 Å². The molecule has 2 amide bonds. The fourth-order valence-electron chi connectivity index (χ4n) is 2.69. The van der Waals surface area contributed by atoms with Crippen molar-refractivity contribution < 1.29 is 9.59 Å². The van der Waals surface area contributed by atoms with Gasteiger partial charge >= 0.3 is 0 Å². The number of carbonyl (C=O) groups excluding carboxylic acids is 2. The molecule has 1 aromatic carbocycles. The molecule has 8 heteroatoms. The van der Waals surface area contributed by atoms with Crippen LogP contribution in [0, 0.1) is 3.57 Å². The van der Waals surface area contributed by atoms with E-state index in [1.54, 1.807) is 12.1 Å². The number of rotatable bonds is 2. The van der Waals surface area contributed by atoms with Crippen LogP contribution in [-0.4, -0.2) is 21.5 Å². The van der Waals surface area contributed by atoms with E-state index < -0.39 is 5.56 Å². The van der Waals surface area contributed by atoms with Crippen molar-refractivity contribution in [2.24, 2.45) is 0 Å². The summed E-state index contributed by atoms with van der Waals surface area (Å²) in [6.45, 7) is 0. The highest BCUT2D eigenvalue weighted by Crippen LogP contribution is 2.25. The van der Waals surface area contributed by atoms with Gasteiger partial charge in [0.2, 0.25) is 11.8 Å². The van der Waals surface area contributed by atoms with Crippen LogP contribution in [0.3, 0.4) is 0 Å². The van der Waals surface area contributed by atoms with E-state index in [0.717, 1.165) is 18.1 Å². The lowest BCUT2D eigenvalue weighted by Gasteiger charge is -2.20. The minimum absolute atomic E-state index is 0.111. The lowest BCUT2D eigenvalue weighted by atomic mass is 10.2. The fourth-order valence-corrected chi connectivity index (χ4v) is 3.88. The molecular formula is C16H10IN3O3S. The standard InChI is InChI=1S/C16H10IN3O3S/c17-9-3-4-11-10(8-9)16(23)20(19-13(21)5-6-14(19)22)15(18-11)12-2-1-7-24-12/h1-4,7-8H,5-6H2. The van der Waals surface area contributed by atoms with Crippen molar-refractivity contribution in [1.29, 1.82) is 0 Å². The molecule has 3 aromatic rings. The zero-order chi connectivity index (χ0) is 16.8. The van der Waals surface area contributed by atoms with E-state index in [-0.39, 0.29) is 24.7 Å². The predicted octanol–water partition coefficient (Wildman–Crippen LogP) is 2.51. The number of amides is 2. The van der Waals surface area contributed by atoms with Crippen molar-refractivity contribution in [2.45, 2.75) is 12.8 Å². The third-order valence-electron chi connectivity index (χ3n) is 3.78. The quantitative estimate of drug-likeness (QED) is 0.444. The van der Waals surface area contributed by atoms with Crippen LogP contribution in [0.1, 0.15) is 12.8 Å². The Balaban J connectivity index is 2.10. The second-order valence-corrected chi connectivity index (χ2v) is 7.48. The maximum Gasteiger partial charge on any atom is 0.281 e. The number of benzene rings is 1. The molecule has 4 rings (SSSR count). The number of thiophene rings is 1. The Morgan fingerprint density at radius 2 is 1.83 bits per heavy atom. The van der Waals surface area contributed by atoms with E-state index in [2.05, 4.69) is 27.6 Å². The topological polar surface area (TPSA) is 72.3 Å². The summed E-state index contributed by atoms with van der Waals surface area (Å²) in [6.07, 6.45) is 0.221. The molecule has 1 aliphatic rings. The largest absolute Gasteiger partial charge is 0.281 e. The molecule has 24 heavy (non-hydrogen) atoms. The van der Waals surface area contributed by atoms with Crippen molar-refractivity contribution in [1.82, 2.24) is 9.66 Å². The van der Waals surface area contributed by atoms with E-state index in [1.807, 2.05) is 23.6 Å². The SMILES string of the molecule is O=C1CCC(=O)N1n1c(-c2cccs2)nc2ccc(I)cc2c1=O. The molecule has 0 atom stereocenters. The molecule has 120 valence electrons. The van der Waals surface area contributed by atoms with Crippen LogP contribution >= 0.6 is 33.9 Å². The van der Waals surface area contributed by atoms with Gasteiger partial charge in [0, 0.05) is 16.4 Å². The predicted molar refractivity (Wildman–Crippen MR) is 99.5 cm³/mol. The van der Waals surface area contributed by atoms with Crippen LogP contribution in [-0.2, 0) is 9.59 Å². The summed E-state index contributed by atoms with van der Waals surface area (Å²) in [4.78, 5) is 42.7. The number of aromatic nitrogens is 2. The molecule has 0 spiro atoms. The first kappa shape index (κ1) is 15.5. The third kappa shape index (κ3) is 2.37. The van der Waals surface area contributed by atoms with Crippen molar-refractivity contribution in [3.8, 4) is 10.7 Å². The summed E-state index contributed by atoms with van der Waals surface area (Å²) in [5.41, 5.74) is 0.129. The Labute approximate surface area is 153 Å². The molecule has 0 aliphatic carbocycles. The first-order chi connectivity index (χ1) is 11.6. The van der Waals surface area contributed by atoms with Crippen molar-refractivity contribution in [3.63, 3.8) is 0 Å². The average Bonchev–Trinajstić information content (AvgIpc) is 3.19. The van der Waals surface area contributed by atoms with Gasteiger partial charge in [0.25, 0.3) is 5.56 Å². The second kappa shape index (κ2) is 5.78. The van der Waals surface area contributed by atoms with Gasteiger partial charge in [0.1, 0.15) is 0 Å². The lowest BCUT2D eigenvalue weighted by Crippen LogP contribution is -2.47. The molecule has 1 aliphatic heterocycles. The van der Waals surface area contributed by atoms with Crippen LogP contribution in [0.4, 0.5) is 0 Å². The Hall–Kier alpha value is -2.07. The van der Waals surface area contributed by atoms with Crippen molar-refractivity contribution in [2.75, 3.05) is 5.01 Å². The van der Waals surface area contributed by atoms with Crippen LogP contribution in [0.5, 0.6) is 0 Å². The number of halogens is 1. The summed E-state index contributed by atoms with van der Waals surface area (Å²) < 4.78 is 2.01. The molecule has 6 nitrogen and oxygen atoms in total. The second-order valence-electron chi connectivity index (χ2n) is 5.29. The lowest BCUT2D eigenvalue weighted by molar-refractivity contribution is -0.123. The minimum atomic E-state index is -0.412. The molecule has 0 bridgehead atoms. The van der Waals surface area contributed by atoms with Gasteiger partial charge in [-0.3, -0.25) is 14.4 Å². The van der Waals surface area contributed by atoms with E-state index in [4.69, 9.17) is 0 Å². The Morgan fingerprint density at radius 1 is 1.08 bits per heavy atom. The highest BCUT2D eigenvalue weighted by atomic mass is 127. The molecular weight excluding hydrogens is 441 g/mol. The maximum atomic E-state index is 13.1. The number of imide groups is 1. The van der Waals surface area contributed by atoms with Crippen molar-refractivity contribution >= 4 is 56.6 Å². The van der Waals surface area contributed by atoms with Crippen LogP contribution in [0.2, 0.25) is 0 Å². The molecule has 0 N–H and O–H groups in total. The van der Waals surface area contributed by atoms with Gasteiger partial charge in [-0.2, -0.15) is 9.69 Å². The normalized spacial score (nSPS) is 14.8. The van der Waals surface area contributed by atoms with Crippen molar-refractivity contribution in [3.05, 3.63) is 49.6 Å². The first-order valence-corrected chi connectivity index (χ1v) is 9.14. The number of carbonyl (C=O) groups is 2. The van der Waals surface area contributed by atoms with Gasteiger partial charge < -0.3 is 0 Å². The Kier molecular flexibility index (Phi) is 3.72. The van der Waals surface area contributed by atoms with Gasteiger partial charge in [-0.15, -0.1) is 11.3 Å². The minimum Gasteiger partial charge on any atom is -0.272 e. The average molecular weight is 451 g/mol. The Bertz CT molecular complexity index is 1030. The number of fused-ring (bicyclic) bond motifs is 1. The fraction of sp³-hybridized carbons (Fsp3) is 0.125. The van der Waals surface area contributed by atoms with Crippen LogP contribution in [0.15, 0.2) is 40.5 Å². The highest BCUT2D eigenvalue weighted by molar-refractivity contribution is 14.1. The summed E-state index contributed by atoms with van der Waals surface area (Å²) in [5.74, 6) is -0.453. The van der Waals surface area contributed by atoms with Gasteiger partial charge in [-0.1, -0.05) is 6.07 Å². The number of hydrogen-bond donors (Lipinski definition) is 0. The van der Waals surface area contributed by atoms with Crippen LogP contribution < -0.4 is 10.6 Å². The van der Waals surface area contributed by atoms with E-state index in [0.29, 0.717) is 16.7 Å². The highest BCUT2D eigenvalue weighted by Gasteiger charge is 2.34. The molecule has 1 fully saturated rings. The summed E-state index contributed by atoms with van der Waals surface area (Å²) in [6, 6.07) is 9.00. The summed E-state index contributed by atoms with van der Waals surface area (Å²) in [5, 5.41) is 3.18.